The van der Waals surface area contributed by atoms with E-state index in [1.807, 2.05) is 42.1 Å². The Morgan fingerprint density at radius 3 is 2.64 bits per heavy atom. The Balaban J connectivity index is 1.45. The van der Waals surface area contributed by atoms with Crippen LogP contribution < -0.4 is 5.32 Å². The van der Waals surface area contributed by atoms with Crippen molar-refractivity contribution in [3.63, 3.8) is 0 Å². The Hall–Kier alpha value is -2.35. The summed E-state index contributed by atoms with van der Waals surface area (Å²) >= 11 is 1.82. The molecule has 1 aromatic carbocycles. The zero-order chi connectivity index (χ0) is 17.3. The van der Waals surface area contributed by atoms with Gasteiger partial charge in [0.05, 0.1) is 19.3 Å². The maximum absolute atomic E-state index is 12.8. The van der Waals surface area contributed by atoms with Gasteiger partial charge in [0.1, 0.15) is 11.2 Å². The predicted octanol–water partition coefficient (Wildman–Crippen LogP) is 1.64. The summed E-state index contributed by atoms with van der Waals surface area (Å²) < 4.78 is 1.72. The van der Waals surface area contributed by atoms with E-state index in [0.717, 1.165) is 17.1 Å². The number of nitrogens with one attached hydrogen (secondary N) is 1. The minimum absolute atomic E-state index is 0.129. The first-order valence-corrected chi connectivity index (χ1v) is 9.47. The molecular formula is C17H19N5O2S. The maximum atomic E-state index is 12.8. The number of urea groups is 1. The number of benzene rings is 1. The van der Waals surface area contributed by atoms with Crippen LogP contribution in [0.25, 0.3) is 0 Å². The van der Waals surface area contributed by atoms with E-state index in [9.17, 15) is 9.59 Å². The number of imide groups is 1. The molecule has 25 heavy (non-hydrogen) atoms. The first-order chi connectivity index (χ1) is 12.2. The molecule has 4 rings (SSSR count). The molecule has 0 unspecified atom stereocenters. The summed E-state index contributed by atoms with van der Waals surface area (Å²) in [5.74, 6) is 1.66. The molecule has 1 N–H and O–H groups in total. The quantitative estimate of drug-likeness (QED) is 0.842. The van der Waals surface area contributed by atoms with Crippen LogP contribution in [0.1, 0.15) is 24.1 Å². The molecular weight excluding hydrogens is 338 g/mol. The Morgan fingerprint density at radius 1 is 1.12 bits per heavy atom. The predicted molar refractivity (Wildman–Crippen MR) is 93.9 cm³/mol. The molecule has 7 nitrogen and oxygen atoms in total. The number of aromatic nitrogens is 3. The van der Waals surface area contributed by atoms with E-state index in [1.54, 1.807) is 10.9 Å². The van der Waals surface area contributed by atoms with E-state index in [-0.39, 0.29) is 18.5 Å². The van der Waals surface area contributed by atoms with Crippen molar-refractivity contribution in [1.29, 1.82) is 0 Å². The second-order valence-electron chi connectivity index (χ2n) is 6.41. The van der Waals surface area contributed by atoms with Crippen molar-refractivity contribution < 1.29 is 9.59 Å². The lowest BCUT2D eigenvalue weighted by Gasteiger charge is -2.30. The van der Waals surface area contributed by atoms with E-state index in [2.05, 4.69) is 15.6 Å². The lowest BCUT2D eigenvalue weighted by molar-refractivity contribution is -0.132. The zero-order valence-corrected chi connectivity index (χ0v) is 14.5. The number of hydrogen-bond acceptors (Lipinski definition) is 5. The molecule has 0 saturated carbocycles. The van der Waals surface area contributed by atoms with E-state index >= 15 is 0 Å². The van der Waals surface area contributed by atoms with Crippen LogP contribution in [0.4, 0.5) is 4.79 Å². The summed E-state index contributed by atoms with van der Waals surface area (Å²) in [6.07, 6.45) is 3.17. The third kappa shape index (κ3) is 3.13. The number of carbonyl (C=O) groups is 2. The highest BCUT2D eigenvalue weighted by Gasteiger charge is 2.51. The molecule has 2 fully saturated rings. The van der Waals surface area contributed by atoms with Crippen LogP contribution >= 0.6 is 11.8 Å². The highest BCUT2D eigenvalue weighted by molar-refractivity contribution is 7.99. The lowest BCUT2D eigenvalue weighted by atomic mass is 9.92. The minimum atomic E-state index is -0.706. The van der Waals surface area contributed by atoms with Crippen LogP contribution in [0.15, 0.2) is 36.5 Å². The molecule has 0 bridgehead atoms. The SMILES string of the molecule is O=C1NC2(CCSCC2)C(=O)N1Cc1cn(Cc2ccccc2)nn1. The molecule has 2 aliphatic heterocycles. The van der Waals surface area contributed by atoms with Gasteiger partial charge in [0.15, 0.2) is 0 Å². The fraction of sp³-hybridized carbons (Fsp3) is 0.412. The van der Waals surface area contributed by atoms with Gasteiger partial charge in [-0.2, -0.15) is 11.8 Å². The van der Waals surface area contributed by atoms with Crippen LogP contribution in [-0.4, -0.2) is 48.9 Å². The normalized spacial score (nSPS) is 19.4. The molecule has 2 aromatic rings. The van der Waals surface area contributed by atoms with Crippen molar-refractivity contribution >= 4 is 23.7 Å². The van der Waals surface area contributed by atoms with Crippen molar-refractivity contribution in [2.45, 2.75) is 31.5 Å². The van der Waals surface area contributed by atoms with Crippen LogP contribution in [-0.2, 0) is 17.9 Å². The third-order valence-electron chi connectivity index (χ3n) is 4.69. The first-order valence-electron chi connectivity index (χ1n) is 8.31. The molecule has 0 aliphatic carbocycles. The van der Waals surface area contributed by atoms with Gasteiger partial charge >= 0.3 is 6.03 Å². The van der Waals surface area contributed by atoms with Gasteiger partial charge in [-0.05, 0) is 29.9 Å². The van der Waals surface area contributed by atoms with Crippen LogP contribution in [0.3, 0.4) is 0 Å². The summed E-state index contributed by atoms with van der Waals surface area (Å²) in [7, 11) is 0. The van der Waals surface area contributed by atoms with Crippen molar-refractivity contribution in [2.75, 3.05) is 11.5 Å². The Morgan fingerprint density at radius 2 is 1.88 bits per heavy atom. The number of nitrogens with zero attached hydrogens (tertiary/aromatic N) is 4. The number of thioether (sulfide) groups is 1. The fourth-order valence-electron chi connectivity index (χ4n) is 3.30. The number of carbonyl (C=O) groups excluding carboxylic acids is 2. The summed E-state index contributed by atoms with van der Waals surface area (Å²) in [4.78, 5) is 26.3. The Kier molecular flexibility index (Phi) is 4.20. The standard InChI is InChI=1S/C17H19N5O2S/c23-15-17(6-8-25-9-7-17)18-16(24)22(15)12-14-11-21(20-19-14)10-13-4-2-1-3-5-13/h1-5,11H,6-10,12H2,(H,18,24). The van der Waals surface area contributed by atoms with Crippen LogP contribution in [0, 0.1) is 0 Å². The van der Waals surface area contributed by atoms with E-state index in [0.29, 0.717) is 25.1 Å². The van der Waals surface area contributed by atoms with Gasteiger partial charge in [0.25, 0.3) is 5.91 Å². The van der Waals surface area contributed by atoms with E-state index in [4.69, 9.17) is 0 Å². The smallest absolute Gasteiger partial charge is 0.323 e. The van der Waals surface area contributed by atoms with Crippen molar-refractivity contribution in [2.24, 2.45) is 0 Å². The van der Waals surface area contributed by atoms with E-state index < -0.39 is 5.54 Å². The molecule has 0 atom stereocenters. The molecule has 3 amide bonds. The van der Waals surface area contributed by atoms with Gasteiger partial charge in [-0.1, -0.05) is 35.5 Å². The summed E-state index contributed by atoms with van der Waals surface area (Å²) in [5, 5.41) is 11.1. The van der Waals surface area contributed by atoms with E-state index in [1.165, 1.54) is 4.90 Å². The molecule has 8 heteroatoms. The van der Waals surface area contributed by atoms with Gasteiger partial charge in [0, 0.05) is 0 Å². The lowest BCUT2D eigenvalue weighted by Crippen LogP contribution is -2.49. The van der Waals surface area contributed by atoms with Crippen molar-refractivity contribution in [1.82, 2.24) is 25.2 Å². The van der Waals surface area contributed by atoms with Gasteiger partial charge in [-0.15, -0.1) is 5.10 Å². The summed E-state index contributed by atoms with van der Waals surface area (Å²) in [6.45, 7) is 0.767. The molecule has 2 saturated heterocycles. The van der Waals surface area contributed by atoms with Crippen molar-refractivity contribution in [3.8, 4) is 0 Å². The second-order valence-corrected chi connectivity index (χ2v) is 7.63. The monoisotopic (exact) mass is 357 g/mol. The van der Waals surface area contributed by atoms with Crippen LogP contribution in [0.2, 0.25) is 0 Å². The van der Waals surface area contributed by atoms with Gasteiger partial charge in [-0.3, -0.25) is 9.69 Å². The zero-order valence-electron chi connectivity index (χ0n) is 13.7. The highest BCUT2D eigenvalue weighted by Crippen LogP contribution is 2.33. The largest absolute Gasteiger partial charge is 0.325 e. The molecule has 0 radical (unpaired) electrons. The fourth-order valence-corrected chi connectivity index (χ4v) is 4.49. The molecule has 1 spiro atoms. The molecule has 2 aliphatic rings. The number of rotatable bonds is 4. The Bertz CT molecular complexity index is 785. The maximum Gasteiger partial charge on any atom is 0.325 e. The minimum Gasteiger partial charge on any atom is -0.323 e. The third-order valence-corrected chi connectivity index (χ3v) is 5.67. The first kappa shape index (κ1) is 16.1. The van der Waals surface area contributed by atoms with Gasteiger partial charge < -0.3 is 5.32 Å². The summed E-state index contributed by atoms with van der Waals surface area (Å²) in [6, 6.07) is 9.63. The molecule has 1 aromatic heterocycles. The highest BCUT2D eigenvalue weighted by atomic mass is 32.2. The number of amides is 3. The average molecular weight is 357 g/mol. The Labute approximate surface area is 149 Å². The van der Waals surface area contributed by atoms with Gasteiger partial charge in [-0.25, -0.2) is 9.48 Å². The second kappa shape index (κ2) is 6.51. The van der Waals surface area contributed by atoms with Crippen LogP contribution in [0.5, 0.6) is 0 Å². The molecule has 3 heterocycles. The van der Waals surface area contributed by atoms with Gasteiger partial charge in [0.2, 0.25) is 0 Å². The molecule has 130 valence electrons. The average Bonchev–Trinajstić information content (AvgIpc) is 3.15. The summed E-state index contributed by atoms with van der Waals surface area (Å²) in [5.41, 5.74) is 1.02. The van der Waals surface area contributed by atoms with Crippen molar-refractivity contribution in [3.05, 3.63) is 47.8 Å². The topological polar surface area (TPSA) is 80.1 Å². The number of hydrogen-bond donors (Lipinski definition) is 1.